The first-order chi connectivity index (χ1) is 22.3. The van der Waals surface area contributed by atoms with Crippen LogP contribution in [-0.2, 0) is 0 Å². The van der Waals surface area contributed by atoms with Crippen molar-refractivity contribution in [2.75, 3.05) is 0 Å². The molecule has 0 unspecified atom stereocenters. The number of ether oxygens (including phenoxy) is 2. The van der Waals surface area contributed by atoms with Crippen molar-refractivity contribution < 1.29 is 9.47 Å². The van der Waals surface area contributed by atoms with E-state index < -0.39 is 7.92 Å². The Balaban J connectivity index is 1.15. The lowest BCUT2D eigenvalue weighted by Gasteiger charge is -2.36. The lowest BCUT2D eigenvalue weighted by molar-refractivity contribution is 0.468. The van der Waals surface area contributed by atoms with E-state index in [9.17, 15) is 0 Å². The minimum atomic E-state index is -0.919. The number of fused-ring (bicyclic) bond motifs is 4. The number of aromatic nitrogens is 2. The van der Waals surface area contributed by atoms with Crippen molar-refractivity contribution in [2.24, 2.45) is 0 Å². The van der Waals surface area contributed by atoms with Crippen molar-refractivity contribution >= 4 is 23.8 Å². The Morgan fingerprint density at radius 2 is 0.844 bits per heavy atom. The normalized spacial score (nSPS) is 12.7. The van der Waals surface area contributed by atoms with Crippen LogP contribution < -0.4 is 25.4 Å². The molecule has 2 aliphatic heterocycles. The first-order valence-corrected chi connectivity index (χ1v) is 16.2. The maximum Gasteiger partial charge on any atom is 0.143 e. The van der Waals surface area contributed by atoms with Crippen LogP contribution in [0.2, 0.25) is 0 Å². The Morgan fingerprint density at radius 3 is 1.29 bits per heavy atom. The van der Waals surface area contributed by atoms with Gasteiger partial charge in [0, 0.05) is 53.2 Å². The number of benzene rings is 5. The Bertz CT molecular complexity index is 2050. The smallest absolute Gasteiger partial charge is 0.143 e. The molecule has 2 aromatic heterocycles. The molecule has 5 heteroatoms. The van der Waals surface area contributed by atoms with Crippen molar-refractivity contribution in [3.63, 3.8) is 0 Å². The second kappa shape index (κ2) is 10.6. The fourth-order valence-electron chi connectivity index (χ4n) is 6.26. The highest BCUT2D eigenvalue weighted by Crippen LogP contribution is 2.55. The third kappa shape index (κ3) is 4.34. The van der Waals surface area contributed by atoms with Gasteiger partial charge in [-0.2, -0.15) is 0 Å². The van der Waals surface area contributed by atoms with Crippen LogP contribution in [0.5, 0.6) is 23.0 Å². The van der Waals surface area contributed by atoms with Crippen LogP contribution in [0, 0.1) is 0 Å². The highest BCUT2D eigenvalue weighted by atomic mass is 31.1. The Labute approximate surface area is 262 Å². The zero-order valence-electron chi connectivity index (χ0n) is 24.1. The maximum atomic E-state index is 6.73. The van der Waals surface area contributed by atoms with Crippen molar-refractivity contribution in [1.82, 2.24) is 9.97 Å². The van der Waals surface area contributed by atoms with Gasteiger partial charge in [0.2, 0.25) is 0 Å². The molecule has 212 valence electrons. The molecule has 0 atom stereocenters. The lowest BCUT2D eigenvalue weighted by Crippen LogP contribution is -2.32. The van der Waals surface area contributed by atoms with Gasteiger partial charge in [0.25, 0.3) is 0 Å². The summed E-state index contributed by atoms with van der Waals surface area (Å²) in [5.74, 6) is 3.55. The molecule has 4 nitrogen and oxygen atoms in total. The molecular weight excluding hydrogens is 571 g/mol. The third-order valence-electron chi connectivity index (χ3n) is 8.39. The van der Waals surface area contributed by atoms with Crippen LogP contribution in [-0.4, -0.2) is 9.97 Å². The van der Waals surface area contributed by atoms with Gasteiger partial charge in [-0.1, -0.05) is 103 Å². The van der Waals surface area contributed by atoms with E-state index in [-0.39, 0.29) is 0 Å². The molecule has 0 bridgehead atoms. The van der Waals surface area contributed by atoms with Crippen LogP contribution in [0.15, 0.2) is 152 Å². The third-order valence-corrected chi connectivity index (χ3v) is 10.9. The zero-order valence-corrected chi connectivity index (χ0v) is 25.0. The molecule has 0 saturated carbocycles. The molecule has 4 heterocycles. The number of para-hydroxylation sites is 2. The van der Waals surface area contributed by atoms with E-state index in [4.69, 9.17) is 9.47 Å². The highest BCUT2D eigenvalue weighted by molar-refractivity contribution is 7.80. The van der Waals surface area contributed by atoms with Gasteiger partial charge < -0.3 is 9.47 Å². The van der Waals surface area contributed by atoms with Crippen LogP contribution >= 0.6 is 7.92 Å². The summed E-state index contributed by atoms with van der Waals surface area (Å²) < 4.78 is 13.5. The summed E-state index contributed by atoms with van der Waals surface area (Å²) in [6, 6.07) is 48.3. The number of hydrogen-bond donors (Lipinski definition) is 0. The van der Waals surface area contributed by atoms with Gasteiger partial charge in [0.05, 0.1) is 16.7 Å². The second-order valence-electron chi connectivity index (χ2n) is 11.0. The van der Waals surface area contributed by atoms with Crippen LogP contribution in [0.3, 0.4) is 0 Å². The molecule has 2 aliphatic rings. The largest absolute Gasteiger partial charge is 0.455 e. The van der Waals surface area contributed by atoms with E-state index in [0.717, 1.165) is 73.1 Å². The molecule has 0 spiro atoms. The predicted octanol–water partition coefficient (Wildman–Crippen LogP) is 9.11. The summed E-state index contributed by atoms with van der Waals surface area (Å²) in [7, 11) is -0.919. The molecule has 0 amide bonds. The van der Waals surface area contributed by atoms with E-state index in [2.05, 4.69) is 107 Å². The summed E-state index contributed by atoms with van der Waals surface area (Å²) in [4.78, 5) is 9.03. The minimum Gasteiger partial charge on any atom is -0.455 e. The molecule has 0 saturated heterocycles. The van der Waals surface area contributed by atoms with Gasteiger partial charge in [0.1, 0.15) is 23.0 Å². The van der Waals surface area contributed by atoms with E-state index in [1.165, 1.54) is 10.6 Å². The lowest BCUT2D eigenvalue weighted by atomic mass is 10.0. The van der Waals surface area contributed by atoms with Crippen molar-refractivity contribution in [1.29, 1.82) is 0 Å². The number of pyridine rings is 2. The minimum absolute atomic E-state index is 0.861. The van der Waals surface area contributed by atoms with Crippen molar-refractivity contribution in [3.8, 4) is 67.8 Å². The molecule has 0 aliphatic carbocycles. The van der Waals surface area contributed by atoms with Crippen molar-refractivity contribution in [3.05, 3.63) is 152 Å². The second-order valence-corrected chi connectivity index (χ2v) is 13.1. The topological polar surface area (TPSA) is 44.2 Å². The van der Waals surface area contributed by atoms with E-state index in [0.29, 0.717) is 0 Å². The average Bonchev–Trinajstić information content (AvgIpc) is 3.12. The van der Waals surface area contributed by atoms with Gasteiger partial charge in [-0.05, 0) is 47.5 Å². The van der Waals surface area contributed by atoms with Gasteiger partial charge in [-0.3, -0.25) is 9.97 Å². The Kier molecular flexibility index (Phi) is 6.07. The summed E-state index contributed by atoms with van der Waals surface area (Å²) in [6.07, 6.45) is 3.65. The predicted molar refractivity (Wildman–Crippen MR) is 183 cm³/mol. The molecule has 45 heavy (non-hydrogen) atoms. The molecule has 9 rings (SSSR count). The first-order valence-electron chi connectivity index (χ1n) is 14.9. The first kappa shape index (κ1) is 25.9. The van der Waals surface area contributed by atoms with E-state index in [1.807, 2.05) is 54.9 Å². The summed E-state index contributed by atoms with van der Waals surface area (Å²) >= 11 is 0. The van der Waals surface area contributed by atoms with Gasteiger partial charge in [0.15, 0.2) is 0 Å². The maximum absolute atomic E-state index is 6.73. The molecule has 0 N–H and O–H groups in total. The average molecular weight is 597 g/mol. The zero-order chi connectivity index (χ0) is 29.7. The fourth-order valence-corrected chi connectivity index (χ4v) is 8.89. The van der Waals surface area contributed by atoms with E-state index in [1.54, 1.807) is 0 Å². The van der Waals surface area contributed by atoms with Crippen LogP contribution in [0.25, 0.3) is 44.8 Å². The quantitative estimate of drug-likeness (QED) is 0.190. The standard InChI is InChI=1S/C40H25N2O2P/c1-3-24-41-32(10-1)28-20-16-26(17-21-28)30-8-5-14-36-38(30)43-34-12-7-13-35-40(34)45(36)37-15-6-9-31(39(37)44-35)27-18-22-29(23-19-27)33-11-2-4-25-42-33/h1-25H. The summed E-state index contributed by atoms with van der Waals surface area (Å²) in [6.45, 7) is 0. The number of rotatable bonds is 4. The molecule has 0 fully saturated rings. The van der Waals surface area contributed by atoms with Gasteiger partial charge in [-0.15, -0.1) is 0 Å². The highest BCUT2D eigenvalue weighted by Gasteiger charge is 2.38. The number of nitrogens with zero attached hydrogens (tertiary/aromatic N) is 2. The van der Waals surface area contributed by atoms with Gasteiger partial charge in [-0.25, -0.2) is 0 Å². The molecular formula is C40H25N2O2P. The molecule has 0 radical (unpaired) electrons. The molecule has 7 aromatic rings. The monoisotopic (exact) mass is 596 g/mol. The summed E-state index contributed by atoms with van der Waals surface area (Å²) in [5.41, 5.74) is 8.46. The molecule has 5 aromatic carbocycles. The summed E-state index contributed by atoms with van der Waals surface area (Å²) in [5, 5.41) is 3.53. The number of hydrogen-bond acceptors (Lipinski definition) is 4. The van der Waals surface area contributed by atoms with Crippen LogP contribution in [0.4, 0.5) is 0 Å². The van der Waals surface area contributed by atoms with Gasteiger partial charge >= 0.3 is 0 Å². The Morgan fingerprint density at radius 1 is 0.400 bits per heavy atom. The van der Waals surface area contributed by atoms with E-state index >= 15 is 0 Å². The van der Waals surface area contributed by atoms with Crippen molar-refractivity contribution in [2.45, 2.75) is 0 Å². The Hall–Kier alpha value is -5.57. The SMILES string of the molecule is c1ccc(-c2ccc(-c3cccc4c3Oc3cccc5c3P4c3cccc(-c4ccc(-c6ccccn6)cc4)c3O5)cc2)nc1. The fraction of sp³-hybridized carbons (Fsp3) is 0. The van der Waals surface area contributed by atoms with Crippen LogP contribution in [0.1, 0.15) is 0 Å².